The molecule has 7 nitrogen and oxygen atoms in total. The first-order valence-corrected chi connectivity index (χ1v) is 10.9. The van der Waals surface area contributed by atoms with E-state index in [1.807, 2.05) is 4.90 Å². The third kappa shape index (κ3) is 4.56. The van der Waals surface area contributed by atoms with Crippen LogP contribution in [0, 0.1) is 5.92 Å². The maximum absolute atomic E-state index is 13.9. The second kappa shape index (κ2) is 9.30. The van der Waals surface area contributed by atoms with Crippen molar-refractivity contribution in [2.75, 3.05) is 26.2 Å². The lowest BCUT2D eigenvalue weighted by atomic mass is 9.94. The van der Waals surface area contributed by atoms with Crippen molar-refractivity contribution in [3.05, 3.63) is 40.8 Å². The molecule has 0 aliphatic carbocycles. The molecule has 0 N–H and O–H groups in total. The summed E-state index contributed by atoms with van der Waals surface area (Å²) in [6.07, 6.45) is 3.74. The highest BCUT2D eigenvalue weighted by molar-refractivity contribution is 6.32. The quantitative estimate of drug-likeness (QED) is 0.694. The summed E-state index contributed by atoms with van der Waals surface area (Å²) in [5.41, 5.74) is -0.645. The number of piperidine rings is 2. The molecular formula is C21H24ClF2N5O2. The fraction of sp³-hybridized carbons (Fsp3) is 0.524. The van der Waals surface area contributed by atoms with E-state index in [1.54, 1.807) is 11.0 Å². The van der Waals surface area contributed by atoms with Crippen LogP contribution >= 0.6 is 11.6 Å². The molecule has 0 saturated carbocycles. The standard InChI is InChI=1S/C21H24ClF2N5O2/c22-16-4-3-8-25-20(16)29-18(19(23)24)15(12-26-29)21(31)27-10-6-14(7-11-27)13-28-9-2-1-5-17(28)30/h3-4,8,12,14,19H,1-2,5-7,9-11,13H2. The first kappa shape index (κ1) is 21.7. The number of nitrogens with zero attached hydrogens (tertiary/aromatic N) is 5. The molecule has 0 radical (unpaired) electrons. The van der Waals surface area contributed by atoms with Crippen molar-refractivity contribution in [2.24, 2.45) is 5.92 Å². The van der Waals surface area contributed by atoms with Crippen LogP contribution in [0.4, 0.5) is 8.78 Å². The Bertz CT molecular complexity index is 959. The van der Waals surface area contributed by atoms with Crippen molar-refractivity contribution in [3.63, 3.8) is 0 Å². The maximum atomic E-state index is 13.9. The van der Waals surface area contributed by atoms with Gasteiger partial charge in [0.1, 0.15) is 5.69 Å². The van der Waals surface area contributed by atoms with Crippen LogP contribution in [0.2, 0.25) is 5.02 Å². The zero-order valence-corrected chi connectivity index (χ0v) is 17.8. The Morgan fingerprint density at radius 3 is 2.68 bits per heavy atom. The van der Waals surface area contributed by atoms with Crippen LogP contribution in [0.25, 0.3) is 5.82 Å². The van der Waals surface area contributed by atoms with E-state index in [0.29, 0.717) is 32.0 Å². The monoisotopic (exact) mass is 451 g/mol. The van der Waals surface area contributed by atoms with E-state index in [9.17, 15) is 18.4 Å². The number of aromatic nitrogens is 3. The lowest BCUT2D eigenvalue weighted by Crippen LogP contribution is -2.44. The number of hydrogen-bond donors (Lipinski definition) is 0. The highest BCUT2D eigenvalue weighted by Crippen LogP contribution is 2.30. The predicted molar refractivity (Wildman–Crippen MR) is 110 cm³/mol. The van der Waals surface area contributed by atoms with Gasteiger partial charge in [-0.1, -0.05) is 11.6 Å². The predicted octanol–water partition coefficient (Wildman–Crippen LogP) is 3.72. The fourth-order valence-corrected chi connectivity index (χ4v) is 4.49. The second-order valence-corrected chi connectivity index (χ2v) is 8.40. The molecule has 2 aromatic heterocycles. The number of alkyl halides is 2. The SMILES string of the molecule is O=C1CCCCN1CC1CCN(C(=O)c2cnn(-c3ncccc3Cl)c2C(F)F)CC1. The number of halogens is 3. The second-order valence-electron chi connectivity index (χ2n) is 8.00. The molecule has 0 bridgehead atoms. The molecule has 2 aromatic rings. The molecule has 0 spiro atoms. The molecule has 0 aromatic carbocycles. The molecule has 2 aliphatic heterocycles. The molecule has 31 heavy (non-hydrogen) atoms. The summed E-state index contributed by atoms with van der Waals surface area (Å²) in [6, 6.07) is 3.12. The molecule has 0 unspecified atom stereocenters. The van der Waals surface area contributed by atoms with E-state index in [4.69, 9.17) is 11.6 Å². The minimum absolute atomic E-state index is 0.0587. The van der Waals surface area contributed by atoms with Crippen LogP contribution in [-0.4, -0.2) is 62.6 Å². The molecule has 2 fully saturated rings. The number of carbonyl (C=O) groups excluding carboxylic acids is 2. The third-order valence-corrected chi connectivity index (χ3v) is 6.28. The fourth-order valence-electron chi connectivity index (χ4n) is 4.29. The van der Waals surface area contributed by atoms with Gasteiger partial charge in [0, 0.05) is 38.8 Å². The van der Waals surface area contributed by atoms with E-state index < -0.39 is 18.0 Å². The van der Waals surface area contributed by atoms with Gasteiger partial charge in [-0.15, -0.1) is 0 Å². The smallest absolute Gasteiger partial charge is 0.281 e. The van der Waals surface area contributed by atoms with Gasteiger partial charge in [0.15, 0.2) is 5.82 Å². The summed E-state index contributed by atoms with van der Waals surface area (Å²) in [5, 5.41) is 4.15. The summed E-state index contributed by atoms with van der Waals surface area (Å²) < 4.78 is 28.7. The van der Waals surface area contributed by atoms with Crippen LogP contribution in [0.1, 0.15) is 54.6 Å². The van der Waals surface area contributed by atoms with Gasteiger partial charge in [-0.25, -0.2) is 18.4 Å². The Morgan fingerprint density at radius 2 is 2.00 bits per heavy atom. The van der Waals surface area contributed by atoms with Crippen LogP contribution in [0.3, 0.4) is 0 Å². The number of pyridine rings is 1. The van der Waals surface area contributed by atoms with Gasteiger partial charge in [-0.05, 0) is 43.7 Å². The van der Waals surface area contributed by atoms with Gasteiger partial charge >= 0.3 is 0 Å². The van der Waals surface area contributed by atoms with Gasteiger partial charge in [-0.3, -0.25) is 9.59 Å². The molecule has 2 amide bonds. The first-order valence-electron chi connectivity index (χ1n) is 10.5. The molecule has 4 rings (SSSR count). The van der Waals surface area contributed by atoms with Crippen molar-refractivity contribution in [2.45, 2.75) is 38.5 Å². The Hall–Kier alpha value is -2.55. The average Bonchev–Trinajstić information content (AvgIpc) is 3.21. The molecule has 10 heteroatoms. The number of likely N-dealkylation sites (tertiary alicyclic amines) is 2. The van der Waals surface area contributed by atoms with Crippen LogP contribution in [0.15, 0.2) is 24.5 Å². The van der Waals surface area contributed by atoms with Gasteiger partial charge < -0.3 is 9.80 Å². The molecule has 2 saturated heterocycles. The van der Waals surface area contributed by atoms with E-state index >= 15 is 0 Å². The van der Waals surface area contributed by atoms with Crippen LogP contribution < -0.4 is 0 Å². The van der Waals surface area contributed by atoms with Gasteiger partial charge in [0.2, 0.25) is 5.91 Å². The summed E-state index contributed by atoms with van der Waals surface area (Å²) in [5.74, 6) is 0.104. The molecule has 4 heterocycles. The Kier molecular flexibility index (Phi) is 6.50. The molecule has 166 valence electrons. The van der Waals surface area contributed by atoms with Crippen molar-refractivity contribution in [1.82, 2.24) is 24.6 Å². The topological polar surface area (TPSA) is 71.3 Å². The average molecular weight is 452 g/mol. The highest BCUT2D eigenvalue weighted by atomic mass is 35.5. The number of hydrogen-bond acceptors (Lipinski definition) is 4. The third-order valence-electron chi connectivity index (χ3n) is 5.98. The zero-order valence-electron chi connectivity index (χ0n) is 17.0. The molecule has 2 aliphatic rings. The van der Waals surface area contributed by atoms with E-state index in [-0.39, 0.29) is 22.3 Å². The summed E-state index contributed by atoms with van der Waals surface area (Å²) in [6.45, 7) is 2.43. The van der Waals surface area contributed by atoms with Crippen LogP contribution in [0.5, 0.6) is 0 Å². The summed E-state index contributed by atoms with van der Waals surface area (Å²) in [4.78, 5) is 32.6. The first-order chi connectivity index (χ1) is 15.0. The van der Waals surface area contributed by atoms with E-state index in [0.717, 1.165) is 43.1 Å². The minimum atomic E-state index is -2.91. The van der Waals surface area contributed by atoms with Crippen LogP contribution in [-0.2, 0) is 4.79 Å². The Balaban J connectivity index is 1.46. The highest BCUT2D eigenvalue weighted by Gasteiger charge is 2.32. The zero-order chi connectivity index (χ0) is 22.0. The van der Waals surface area contributed by atoms with Gasteiger partial charge in [0.25, 0.3) is 12.3 Å². The summed E-state index contributed by atoms with van der Waals surface area (Å²) >= 11 is 6.09. The van der Waals surface area contributed by atoms with E-state index in [2.05, 4.69) is 10.1 Å². The van der Waals surface area contributed by atoms with E-state index in [1.165, 1.54) is 12.3 Å². The molecular weight excluding hydrogens is 428 g/mol. The number of rotatable bonds is 5. The molecule has 0 atom stereocenters. The normalized spacial score (nSPS) is 18.1. The van der Waals surface area contributed by atoms with Crippen molar-refractivity contribution >= 4 is 23.4 Å². The number of carbonyl (C=O) groups is 2. The van der Waals surface area contributed by atoms with Crippen molar-refractivity contribution in [1.29, 1.82) is 0 Å². The minimum Gasteiger partial charge on any atom is -0.342 e. The van der Waals surface area contributed by atoms with Crippen molar-refractivity contribution < 1.29 is 18.4 Å². The lowest BCUT2D eigenvalue weighted by Gasteiger charge is -2.36. The Labute approximate surface area is 184 Å². The Morgan fingerprint density at radius 1 is 1.23 bits per heavy atom. The largest absolute Gasteiger partial charge is 0.342 e. The summed E-state index contributed by atoms with van der Waals surface area (Å²) in [7, 11) is 0. The lowest BCUT2D eigenvalue weighted by molar-refractivity contribution is -0.134. The van der Waals surface area contributed by atoms with Gasteiger partial charge in [-0.2, -0.15) is 5.10 Å². The number of amides is 2. The van der Waals surface area contributed by atoms with Crippen molar-refractivity contribution in [3.8, 4) is 5.82 Å². The van der Waals surface area contributed by atoms with Gasteiger partial charge in [0.05, 0.1) is 16.8 Å². The maximum Gasteiger partial charge on any atom is 0.281 e.